The molecular formula is C13H26N2S. The van der Waals surface area contributed by atoms with Gasteiger partial charge < -0.3 is 5.32 Å². The zero-order valence-corrected chi connectivity index (χ0v) is 12.1. The van der Waals surface area contributed by atoms with Crippen molar-refractivity contribution in [3.8, 4) is 0 Å². The number of nitrogens with one attached hydrogen (secondary N) is 1. The maximum Gasteiger partial charge on any atom is 0.157 e. The third kappa shape index (κ3) is 4.00. The molecule has 0 fully saturated rings. The van der Waals surface area contributed by atoms with E-state index in [9.17, 15) is 0 Å². The molecule has 1 heterocycles. The van der Waals surface area contributed by atoms with Crippen LogP contribution in [0.1, 0.15) is 47.5 Å². The van der Waals surface area contributed by atoms with Crippen molar-refractivity contribution in [3.05, 3.63) is 0 Å². The highest BCUT2D eigenvalue weighted by atomic mass is 32.2. The molecule has 0 radical (unpaired) electrons. The van der Waals surface area contributed by atoms with Gasteiger partial charge in [-0.05, 0) is 24.7 Å². The third-order valence-corrected chi connectivity index (χ3v) is 4.19. The zero-order valence-electron chi connectivity index (χ0n) is 11.3. The van der Waals surface area contributed by atoms with Crippen LogP contribution in [0.15, 0.2) is 4.99 Å². The van der Waals surface area contributed by atoms with Crippen LogP contribution in [-0.2, 0) is 0 Å². The molecule has 0 aromatic carbocycles. The molecule has 1 rings (SSSR count). The van der Waals surface area contributed by atoms with E-state index in [1.807, 2.05) is 11.8 Å². The third-order valence-electron chi connectivity index (χ3n) is 3.26. The Hall–Kier alpha value is -0.180. The summed E-state index contributed by atoms with van der Waals surface area (Å²) >= 11 is 1.88. The Bertz CT molecular complexity index is 236. The molecule has 2 unspecified atom stereocenters. The average molecular weight is 242 g/mol. The van der Waals surface area contributed by atoms with Crippen molar-refractivity contribution < 1.29 is 0 Å². The summed E-state index contributed by atoms with van der Waals surface area (Å²) in [5.41, 5.74) is 0. The molecule has 1 aliphatic rings. The topological polar surface area (TPSA) is 24.4 Å². The highest BCUT2D eigenvalue weighted by Crippen LogP contribution is 2.22. The van der Waals surface area contributed by atoms with Gasteiger partial charge in [-0.1, -0.05) is 46.4 Å². The van der Waals surface area contributed by atoms with Gasteiger partial charge in [0.15, 0.2) is 5.17 Å². The van der Waals surface area contributed by atoms with E-state index in [-0.39, 0.29) is 0 Å². The number of thioether (sulfide) groups is 1. The van der Waals surface area contributed by atoms with E-state index in [1.54, 1.807) is 0 Å². The van der Waals surface area contributed by atoms with Crippen molar-refractivity contribution in [2.45, 2.75) is 59.5 Å². The van der Waals surface area contributed by atoms with Crippen LogP contribution in [0.3, 0.4) is 0 Å². The largest absolute Gasteiger partial charge is 0.362 e. The number of aliphatic imine (C=N–C) groups is 1. The summed E-state index contributed by atoms with van der Waals surface area (Å²) in [7, 11) is 0. The second-order valence-corrected chi connectivity index (χ2v) is 6.37. The van der Waals surface area contributed by atoms with E-state index in [4.69, 9.17) is 4.99 Å². The molecule has 94 valence electrons. The highest BCUT2D eigenvalue weighted by Gasteiger charge is 2.20. The van der Waals surface area contributed by atoms with Crippen LogP contribution in [0.4, 0.5) is 0 Å². The highest BCUT2D eigenvalue weighted by molar-refractivity contribution is 8.13. The smallest absolute Gasteiger partial charge is 0.157 e. The summed E-state index contributed by atoms with van der Waals surface area (Å²) in [6, 6.07) is 1.09. The second-order valence-electron chi connectivity index (χ2n) is 5.29. The van der Waals surface area contributed by atoms with Crippen molar-refractivity contribution in [2.24, 2.45) is 16.8 Å². The average Bonchev–Trinajstić information content (AvgIpc) is 2.25. The number of hydrogen-bond donors (Lipinski definition) is 1. The molecule has 0 spiro atoms. The Morgan fingerprint density at radius 1 is 1.38 bits per heavy atom. The van der Waals surface area contributed by atoms with Crippen molar-refractivity contribution in [3.63, 3.8) is 0 Å². The van der Waals surface area contributed by atoms with Crippen LogP contribution < -0.4 is 5.32 Å². The van der Waals surface area contributed by atoms with Gasteiger partial charge >= 0.3 is 0 Å². The van der Waals surface area contributed by atoms with Crippen LogP contribution in [0.5, 0.6) is 0 Å². The molecule has 0 saturated carbocycles. The number of rotatable bonds is 4. The Balaban J connectivity index is 2.58. The lowest BCUT2D eigenvalue weighted by Crippen LogP contribution is -2.39. The van der Waals surface area contributed by atoms with Gasteiger partial charge in [-0.15, -0.1) is 0 Å². The number of nitrogens with zero attached hydrogens (tertiary/aromatic N) is 1. The molecule has 3 heteroatoms. The van der Waals surface area contributed by atoms with Gasteiger partial charge in [0.25, 0.3) is 0 Å². The molecule has 2 nitrogen and oxygen atoms in total. The summed E-state index contributed by atoms with van der Waals surface area (Å²) in [4.78, 5) is 4.82. The molecule has 0 amide bonds. The van der Waals surface area contributed by atoms with Crippen LogP contribution in [-0.4, -0.2) is 23.0 Å². The van der Waals surface area contributed by atoms with Gasteiger partial charge in [-0.25, -0.2) is 0 Å². The fourth-order valence-corrected chi connectivity index (χ4v) is 2.99. The minimum Gasteiger partial charge on any atom is -0.362 e. The monoisotopic (exact) mass is 242 g/mol. The molecule has 0 bridgehead atoms. The molecule has 0 saturated heterocycles. The van der Waals surface area contributed by atoms with E-state index in [0.717, 1.165) is 0 Å². The van der Waals surface area contributed by atoms with Crippen molar-refractivity contribution in [2.75, 3.05) is 5.75 Å². The Kier molecular flexibility index (Phi) is 5.67. The van der Waals surface area contributed by atoms with Gasteiger partial charge in [0.05, 0.1) is 6.04 Å². The maximum absolute atomic E-state index is 4.82. The SMILES string of the molecule is CCC(NC1=NC(C(C)C)CCS1)C(C)C. The summed E-state index contributed by atoms with van der Waals surface area (Å²) in [6.07, 6.45) is 2.40. The van der Waals surface area contributed by atoms with Crippen molar-refractivity contribution in [1.29, 1.82) is 0 Å². The first-order valence-corrected chi connectivity index (χ1v) is 7.50. The first-order valence-electron chi connectivity index (χ1n) is 6.51. The Morgan fingerprint density at radius 3 is 2.56 bits per heavy atom. The summed E-state index contributed by atoms with van der Waals surface area (Å²) in [6.45, 7) is 11.3. The van der Waals surface area contributed by atoms with E-state index in [0.29, 0.717) is 23.9 Å². The minimum absolute atomic E-state index is 0.522. The van der Waals surface area contributed by atoms with E-state index < -0.39 is 0 Å². The van der Waals surface area contributed by atoms with Crippen LogP contribution >= 0.6 is 11.8 Å². The number of hydrogen-bond acceptors (Lipinski definition) is 3. The minimum atomic E-state index is 0.522. The van der Waals surface area contributed by atoms with Crippen LogP contribution in [0.2, 0.25) is 0 Å². The Morgan fingerprint density at radius 2 is 2.06 bits per heavy atom. The molecule has 0 aliphatic carbocycles. The normalized spacial score (nSPS) is 23.4. The van der Waals surface area contributed by atoms with E-state index >= 15 is 0 Å². The zero-order chi connectivity index (χ0) is 12.1. The van der Waals surface area contributed by atoms with Crippen LogP contribution in [0.25, 0.3) is 0 Å². The lowest BCUT2D eigenvalue weighted by Gasteiger charge is -2.27. The quantitative estimate of drug-likeness (QED) is 0.815. The van der Waals surface area contributed by atoms with E-state index in [1.165, 1.54) is 23.8 Å². The van der Waals surface area contributed by atoms with Crippen LogP contribution in [0, 0.1) is 11.8 Å². The number of amidine groups is 1. The molecular weight excluding hydrogens is 216 g/mol. The van der Waals surface area contributed by atoms with Gasteiger partial charge in [0.1, 0.15) is 0 Å². The molecule has 16 heavy (non-hydrogen) atoms. The van der Waals surface area contributed by atoms with Gasteiger partial charge in [-0.3, -0.25) is 4.99 Å². The molecule has 0 aromatic rings. The lowest BCUT2D eigenvalue weighted by molar-refractivity contribution is 0.437. The molecule has 1 N–H and O–H groups in total. The molecule has 1 aliphatic heterocycles. The predicted molar refractivity (Wildman–Crippen MR) is 75.2 cm³/mol. The summed E-state index contributed by atoms with van der Waals surface area (Å²) < 4.78 is 0. The van der Waals surface area contributed by atoms with Gasteiger partial charge in [0.2, 0.25) is 0 Å². The fourth-order valence-electron chi connectivity index (χ4n) is 1.99. The first-order chi connectivity index (χ1) is 7.54. The maximum atomic E-state index is 4.82. The Labute approximate surface area is 105 Å². The van der Waals surface area contributed by atoms with Gasteiger partial charge in [0, 0.05) is 11.8 Å². The fraction of sp³-hybridized carbons (Fsp3) is 0.923. The van der Waals surface area contributed by atoms with Crippen molar-refractivity contribution >= 4 is 16.9 Å². The molecule has 0 aromatic heterocycles. The first kappa shape index (κ1) is 13.9. The predicted octanol–water partition coefficient (Wildman–Crippen LogP) is 3.53. The lowest BCUT2D eigenvalue weighted by atomic mass is 10.0. The summed E-state index contributed by atoms with van der Waals surface area (Å²) in [5.74, 6) is 2.55. The van der Waals surface area contributed by atoms with E-state index in [2.05, 4.69) is 39.9 Å². The molecule has 2 atom stereocenters. The standard InChI is InChI=1S/C13H26N2S/c1-6-11(9(2)3)14-13-15-12(10(4)5)7-8-16-13/h9-12H,6-8H2,1-5H3,(H,14,15). The second kappa shape index (κ2) is 6.53. The summed E-state index contributed by atoms with van der Waals surface area (Å²) in [5, 5.41) is 4.77. The van der Waals surface area contributed by atoms with Gasteiger partial charge in [-0.2, -0.15) is 0 Å². The van der Waals surface area contributed by atoms with Crippen molar-refractivity contribution in [1.82, 2.24) is 5.32 Å².